The number of anilines is 3. The number of nitrogens with two attached hydrogens (primary N) is 2. The third-order valence-electron chi connectivity index (χ3n) is 5.75. The van der Waals surface area contributed by atoms with Gasteiger partial charge in [0.2, 0.25) is 5.95 Å². The number of aryl methyl sites for hydroxylation is 1. The summed E-state index contributed by atoms with van der Waals surface area (Å²) in [5.41, 5.74) is 14.6. The lowest BCUT2D eigenvalue weighted by atomic mass is 10.1. The van der Waals surface area contributed by atoms with Gasteiger partial charge in [-0.2, -0.15) is 9.97 Å². The molecular weight excluding hydrogens is 516 g/mol. The number of nitrogens with one attached hydrogen (secondary N) is 1. The summed E-state index contributed by atoms with van der Waals surface area (Å²) in [5, 5.41) is 2.66. The van der Waals surface area contributed by atoms with E-state index in [4.69, 9.17) is 27.4 Å². The van der Waals surface area contributed by atoms with Crippen molar-refractivity contribution in [2.24, 2.45) is 0 Å². The number of hydrogen-bond acceptors (Lipinski definition) is 12. The molecule has 0 saturated carbocycles. The molecule has 0 aliphatic heterocycles. The SMILES string of the molecule is C#CCN(Cc1cnc2nc(N)nc(N)c2n1)c1ccc(C(=O)NC(CCC(=O)OCC)C(=O)OCC)cc1C. The number of rotatable bonds is 12. The lowest BCUT2D eigenvalue weighted by Crippen LogP contribution is -2.42. The number of hydrogen-bond donors (Lipinski definition) is 3. The van der Waals surface area contributed by atoms with Crippen LogP contribution in [0.25, 0.3) is 11.2 Å². The van der Waals surface area contributed by atoms with Crippen LogP contribution < -0.4 is 21.7 Å². The second-order valence-corrected chi connectivity index (χ2v) is 8.68. The molecule has 0 aliphatic carbocycles. The van der Waals surface area contributed by atoms with Crippen molar-refractivity contribution in [3.8, 4) is 12.3 Å². The standard InChI is InChI=1S/C27H32N8O5/c1-5-12-35(15-18-14-30-24-22(31-18)23(28)33-27(29)34-24)20-10-8-17(13-16(20)4)25(37)32-19(26(38)40-7-3)9-11-21(36)39-6-2/h1,8,10,13-14,19H,6-7,9,11-12,15H2,2-4H3,(H,32,37)(H4,28,29,30,33,34). The molecule has 1 amide bonds. The van der Waals surface area contributed by atoms with Crippen molar-refractivity contribution in [2.45, 2.75) is 46.2 Å². The monoisotopic (exact) mass is 548 g/mol. The summed E-state index contributed by atoms with van der Waals surface area (Å²) in [7, 11) is 0. The van der Waals surface area contributed by atoms with Crippen molar-refractivity contribution in [3.63, 3.8) is 0 Å². The van der Waals surface area contributed by atoms with Gasteiger partial charge in [-0.15, -0.1) is 6.42 Å². The fourth-order valence-electron chi connectivity index (χ4n) is 3.97. The van der Waals surface area contributed by atoms with E-state index in [1.165, 1.54) is 0 Å². The minimum absolute atomic E-state index is 0.00772. The van der Waals surface area contributed by atoms with Crippen LogP contribution in [0.3, 0.4) is 0 Å². The predicted molar refractivity (Wildman–Crippen MR) is 149 cm³/mol. The fourth-order valence-corrected chi connectivity index (χ4v) is 3.97. The number of amides is 1. The first-order valence-corrected chi connectivity index (χ1v) is 12.6. The van der Waals surface area contributed by atoms with Crippen molar-refractivity contribution in [3.05, 3.63) is 41.2 Å². The van der Waals surface area contributed by atoms with Crippen LogP contribution in [0.2, 0.25) is 0 Å². The van der Waals surface area contributed by atoms with Gasteiger partial charge in [-0.05, 0) is 51.0 Å². The fraction of sp³-hybridized carbons (Fsp3) is 0.370. The van der Waals surface area contributed by atoms with E-state index in [0.717, 1.165) is 11.3 Å². The number of nitrogens with zero attached hydrogens (tertiary/aromatic N) is 5. The van der Waals surface area contributed by atoms with Crippen LogP contribution in [0.15, 0.2) is 24.4 Å². The minimum Gasteiger partial charge on any atom is -0.466 e. The second kappa shape index (κ2) is 13.7. The lowest BCUT2D eigenvalue weighted by Gasteiger charge is -2.24. The van der Waals surface area contributed by atoms with Gasteiger partial charge in [0, 0.05) is 17.7 Å². The van der Waals surface area contributed by atoms with E-state index in [1.807, 2.05) is 11.8 Å². The minimum atomic E-state index is -1.01. The molecule has 1 unspecified atom stereocenters. The zero-order valence-corrected chi connectivity index (χ0v) is 22.6. The Labute approximate surface area is 231 Å². The van der Waals surface area contributed by atoms with E-state index >= 15 is 0 Å². The first-order chi connectivity index (χ1) is 19.2. The van der Waals surface area contributed by atoms with E-state index < -0.39 is 23.9 Å². The highest BCUT2D eigenvalue weighted by Gasteiger charge is 2.24. The summed E-state index contributed by atoms with van der Waals surface area (Å²) in [6, 6.07) is 4.05. The smallest absolute Gasteiger partial charge is 0.328 e. The molecule has 1 aromatic carbocycles. The summed E-state index contributed by atoms with van der Waals surface area (Å²) in [6.07, 6.45) is 7.19. The third kappa shape index (κ3) is 7.53. The highest BCUT2D eigenvalue weighted by molar-refractivity contribution is 5.97. The van der Waals surface area contributed by atoms with Gasteiger partial charge < -0.3 is 31.2 Å². The number of terminal acetylenes is 1. The lowest BCUT2D eigenvalue weighted by molar-refractivity contribution is -0.146. The summed E-state index contributed by atoms with van der Waals surface area (Å²) in [5.74, 6) is 1.18. The molecule has 0 aliphatic rings. The number of fused-ring (bicyclic) bond motifs is 1. The molecular formula is C27H32N8O5. The van der Waals surface area contributed by atoms with Gasteiger partial charge in [0.05, 0.1) is 38.2 Å². The molecule has 210 valence electrons. The summed E-state index contributed by atoms with van der Waals surface area (Å²) in [6.45, 7) is 6.09. The number of nitrogen functional groups attached to an aromatic ring is 2. The first kappa shape index (κ1) is 29.6. The van der Waals surface area contributed by atoms with Crippen molar-refractivity contribution in [1.29, 1.82) is 0 Å². The molecule has 3 aromatic rings. The summed E-state index contributed by atoms with van der Waals surface area (Å²) < 4.78 is 9.99. The Balaban J connectivity index is 1.79. The van der Waals surface area contributed by atoms with Crippen molar-refractivity contribution >= 4 is 46.5 Å². The van der Waals surface area contributed by atoms with Crippen LogP contribution >= 0.6 is 0 Å². The summed E-state index contributed by atoms with van der Waals surface area (Å²) >= 11 is 0. The van der Waals surface area contributed by atoms with E-state index in [1.54, 1.807) is 38.2 Å². The summed E-state index contributed by atoms with van der Waals surface area (Å²) in [4.78, 5) is 55.9. The molecule has 40 heavy (non-hydrogen) atoms. The first-order valence-electron chi connectivity index (χ1n) is 12.6. The quantitative estimate of drug-likeness (QED) is 0.219. The van der Waals surface area contributed by atoms with Gasteiger partial charge >= 0.3 is 11.9 Å². The normalized spacial score (nSPS) is 11.3. The molecule has 13 nitrogen and oxygen atoms in total. The molecule has 5 N–H and O–H groups in total. The molecule has 0 spiro atoms. The maximum Gasteiger partial charge on any atom is 0.328 e. The zero-order valence-electron chi connectivity index (χ0n) is 22.6. The number of carbonyl (C=O) groups excluding carboxylic acids is 3. The number of ether oxygens (including phenoxy) is 2. The van der Waals surface area contributed by atoms with Crippen LogP contribution in [0, 0.1) is 19.3 Å². The molecule has 0 bridgehead atoms. The van der Waals surface area contributed by atoms with E-state index in [2.05, 4.69) is 31.2 Å². The van der Waals surface area contributed by atoms with Crippen LogP contribution in [-0.2, 0) is 25.6 Å². The number of aromatic nitrogens is 4. The molecule has 13 heteroatoms. The Hall–Kier alpha value is -4.99. The number of esters is 2. The predicted octanol–water partition coefficient (Wildman–Crippen LogP) is 1.54. The van der Waals surface area contributed by atoms with Crippen molar-refractivity contribution in [1.82, 2.24) is 25.3 Å². The van der Waals surface area contributed by atoms with Gasteiger partial charge in [0.25, 0.3) is 5.91 Å². The molecule has 2 aromatic heterocycles. The van der Waals surface area contributed by atoms with Crippen LogP contribution in [0.4, 0.5) is 17.5 Å². The highest BCUT2D eigenvalue weighted by atomic mass is 16.5. The maximum absolute atomic E-state index is 13.0. The Bertz CT molecular complexity index is 1440. The number of benzene rings is 1. The molecule has 0 fully saturated rings. The largest absolute Gasteiger partial charge is 0.466 e. The van der Waals surface area contributed by atoms with Gasteiger partial charge in [-0.25, -0.2) is 14.8 Å². The Morgan fingerprint density at radius 1 is 1.12 bits per heavy atom. The Morgan fingerprint density at radius 2 is 1.88 bits per heavy atom. The van der Waals surface area contributed by atoms with Gasteiger partial charge in [-0.1, -0.05) is 5.92 Å². The third-order valence-corrected chi connectivity index (χ3v) is 5.75. The molecule has 1 atom stereocenters. The van der Waals surface area contributed by atoms with E-state index in [9.17, 15) is 14.4 Å². The zero-order chi connectivity index (χ0) is 29.2. The van der Waals surface area contributed by atoms with E-state index in [-0.39, 0.29) is 50.0 Å². The van der Waals surface area contributed by atoms with Gasteiger partial charge in [0.1, 0.15) is 6.04 Å². The molecule has 0 radical (unpaired) electrons. The maximum atomic E-state index is 13.0. The second-order valence-electron chi connectivity index (χ2n) is 8.68. The Kier molecular flexibility index (Phi) is 10.1. The van der Waals surface area contributed by atoms with Crippen LogP contribution in [0.5, 0.6) is 0 Å². The molecule has 3 rings (SSSR count). The highest BCUT2D eigenvalue weighted by Crippen LogP contribution is 2.24. The number of carbonyl (C=O) groups is 3. The van der Waals surface area contributed by atoms with Crippen molar-refractivity contribution in [2.75, 3.05) is 36.1 Å². The average molecular weight is 549 g/mol. The van der Waals surface area contributed by atoms with Gasteiger partial charge in [-0.3, -0.25) is 9.59 Å². The Morgan fingerprint density at radius 3 is 2.55 bits per heavy atom. The molecule has 2 heterocycles. The molecule has 0 saturated heterocycles. The van der Waals surface area contributed by atoms with Crippen LogP contribution in [0.1, 0.15) is 48.3 Å². The van der Waals surface area contributed by atoms with Crippen molar-refractivity contribution < 1.29 is 23.9 Å². The topological polar surface area (TPSA) is 189 Å². The van der Waals surface area contributed by atoms with Gasteiger partial charge in [0.15, 0.2) is 17.0 Å². The van der Waals surface area contributed by atoms with Crippen LogP contribution in [-0.4, -0.2) is 63.6 Å². The average Bonchev–Trinajstić information content (AvgIpc) is 2.91. The van der Waals surface area contributed by atoms with E-state index in [0.29, 0.717) is 23.3 Å².